The number of nitrogens with zero attached hydrogens (tertiary/aromatic N) is 4. The van der Waals surface area contributed by atoms with Crippen LogP contribution in [0.25, 0.3) is 10.7 Å². The van der Waals surface area contributed by atoms with Crippen molar-refractivity contribution in [2.75, 3.05) is 0 Å². The Labute approximate surface area is 130 Å². The van der Waals surface area contributed by atoms with Crippen molar-refractivity contribution in [2.24, 2.45) is 0 Å². The lowest BCUT2D eigenvalue weighted by Gasteiger charge is -2.11. The van der Waals surface area contributed by atoms with Gasteiger partial charge in [-0.05, 0) is 19.1 Å². The van der Waals surface area contributed by atoms with Gasteiger partial charge in [0, 0.05) is 24.0 Å². The van der Waals surface area contributed by atoms with Crippen LogP contribution >= 0.6 is 11.3 Å². The maximum atomic E-state index is 12.1. The molecule has 3 aromatic rings. The first-order valence-corrected chi connectivity index (χ1v) is 7.46. The molecule has 0 aromatic carbocycles. The predicted molar refractivity (Wildman–Crippen MR) is 81.2 cm³/mol. The molecule has 0 bridgehead atoms. The zero-order valence-corrected chi connectivity index (χ0v) is 12.5. The van der Waals surface area contributed by atoms with Crippen LogP contribution < -0.4 is 0 Å². The van der Waals surface area contributed by atoms with Crippen molar-refractivity contribution in [3.8, 4) is 10.7 Å². The van der Waals surface area contributed by atoms with Gasteiger partial charge in [-0.15, -0.1) is 11.3 Å². The first kappa shape index (κ1) is 14.3. The van der Waals surface area contributed by atoms with E-state index in [1.54, 1.807) is 37.1 Å². The summed E-state index contributed by atoms with van der Waals surface area (Å²) in [4.78, 5) is 28.7. The molecule has 110 valence electrons. The normalized spacial score (nSPS) is 11.9. The van der Waals surface area contributed by atoms with Crippen molar-refractivity contribution in [1.29, 1.82) is 0 Å². The van der Waals surface area contributed by atoms with Crippen LogP contribution in [0.3, 0.4) is 0 Å². The van der Waals surface area contributed by atoms with Crippen LogP contribution in [-0.2, 0) is 4.74 Å². The molecule has 0 spiro atoms. The van der Waals surface area contributed by atoms with Gasteiger partial charge in [0.15, 0.2) is 5.69 Å². The Morgan fingerprint density at radius 3 is 2.86 bits per heavy atom. The third-order valence-corrected chi connectivity index (χ3v) is 3.75. The smallest absolute Gasteiger partial charge is 0.358 e. The second-order valence-corrected chi connectivity index (χ2v) is 5.29. The Morgan fingerprint density at radius 1 is 1.23 bits per heavy atom. The van der Waals surface area contributed by atoms with Gasteiger partial charge < -0.3 is 4.74 Å². The highest BCUT2D eigenvalue weighted by Gasteiger charge is 2.18. The fourth-order valence-electron chi connectivity index (χ4n) is 1.79. The summed E-state index contributed by atoms with van der Waals surface area (Å²) in [5.41, 5.74) is 1.58. The van der Waals surface area contributed by atoms with Crippen molar-refractivity contribution in [3.63, 3.8) is 0 Å². The van der Waals surface area contributed by atoms with Crippen molar-refractivity contribution in [1.82, 2.24) is 19.9 Å². The minimum atomic E-state index is -0.482. The molecule has 0 unspecified atom stereocenters. The van der Waals surface area contributed by atoms with E-state index in [1.165, 1.54) is 11.3 Å². The monoisotopic (exact) mass is 312 g/mol. The van der Waals surface area contributed by atoms with E-state index < -0.39 is 12.1 Å². The Kier molecular flexibility index (Phi) is 4.15. The number of pyridine rings is 1. The highest BCUT2D eigenvalue weighted by Crippen LogP contribution is 2.22. The molecule has 0 amide bonds. The molecule has 3 aromatic heterocycles. The fourth-order valence-corrected chi connectivity index (χ4v) is 2.54. The lowest BCUT2D eigenvalue weighted by Crippen LogP contribution is -2.10. The molecular formula is C15H12N4O2S. The van der Waals surface area contributed by atoms with Gasteiger partial charge in [0.25, 0.3) is 0 Å². The van der Waals surface area contributed by atoms with Gasteiger partial charge in [-0.25, -0.2) is 9.78 Å². The van der Waals surface area contributed by atoms with Gasteiger partial charge in [0.1, 0.15) is 16.8 Å². The number of rotatable bonds is 4. The maximum Gasteiger partial charge on any atom is 0.358 e. The third kappa shape index (κ3) is 3.15. The Hall–Kier alpha value is -2.67. The number of esters is 1. The van der Waals surface area contributed by atoms with Crippen LogP contribution in [0, 0.1) is 0 Å². The summed E-state index contributed by atoms with van der Waals surface area (Å²) in [6.45, 7) is 1.77. The number of ether oxygens (including phenoxy) is 1. The zero-order valence-electron chi connectivity index (χ0n) is 11.7. The Balaban J connectivity index is 1.72. The molecule has 3 heterocycles. The summed E-state index contributed by atoms with van der Waals surface area (Å²) in [7, 11) is 0. The highest BCUT2D eigenvalue weighted by molar-refractivity contribution is 7.13. The molecule has 22 heavy (non-hydrogen) atoms. The van der Waals surface area contributed by atoms with E-state index in [9.17, 15) is 4.79 Å². The van der Waals surface area contributed by atoms with Gasteiger partial charge in [-0.1, -0.05) is 6.07 Å². The summed E-state index contributed by atoms with van der Waals surface area (Å²) in [6.07, 6.45) is 5.99. The third-order valence-electron chi connectivity index (χ3n) is 2.88. The van der Waals surface area contributed by atoms with Crippen LogP contribution in [-0.4, -0.2) is 25.9 Å². The van der Waals surface area contributed by atoms with Gasteiger partial charge in [0.2, 0.25) is 0 Å². The Morgan fingerprint density at radius 2 is 2.14 bits per heavy atom. The number of carbonyl (C=O) groups is 1. The van der Waals surface area contributed by atoms with Crippen LogP contribution in [0.2, 0.25) is 0 Å². The lowest BCUT2D eigenvalue weighted by atomic mass is 10.2. The van der Waals surface area contributed by atoms with Crippen molar-refractivity contribution >= 4 is 17.3 Å². The van der Waals surface area contributed by atoms with Crippen molar-refractivity contribution in [3.05, 3.63) is 59.8 Å². The standard InChI is InChI=1S/C15H12N4O2S/c1-10(11-4-2-3-5-17-11)21-15(20)13-9-22-14(19-13)12-8-16-6-7-18-12/h2-10H,1H3/t10-/m0/s1. The van der Waals surface area contributed by atoms with Gasteiger partial charge in [-0.2, -0.15) is 0 Å². The van der Waals surface area contributed by atoms with Gasteiger partial charge >= 0.3 is 5.97 Å². The number of carbonyl (C=O) groups excluding carboxylic acids is 1. The minimum absolute atomic E-state index is 0.258. The first-order chi connectivity index (χ1) is 10.7. The van der Waals surface area contributed by atoms with Crippen molar-refractivity contribution in [2.45, 2.75) is 13.0 Å². The van der Waals surface area contributed by atoms with E-state index in [-0.39, 0.29) is 5.69 Å². The highest BCUT2D eigenvalue weighted by atomic mass is 32.1. The van der Waals surface area contributed by atoms with Crippen LogP contribution in [0.4, 0.5) is 0 Å². The number of hydrogen-bond acceptors (Lipinski definition) is 7. The van der Waals surface area contributed by atoms with E-state index in [4.69, 9.17) is 4.74 Å². The van der Waals surface area contributed by atoms with E-state index >= 15 is 0 Å². The van der Waals surface area contributed by atoms with Crippen molar-refractivity contribution < 1.29 is 9.53 Å². The summed E-state index contributed by atoms with van der Waals surface area (Å²) in [6, 6.07) is 5.47. The summed E-state index contributed by atoms with van der Waals surface area (Å²) in [5, 5.41) is 2.28. The number of aromatic nitrogens is 4. The maximum absolute atomic E-state index is 12.1. The molecule has 1 atom stereocenters. The van der Waals surface area contributed by atoms with Gasteiger partial charge in [-0.3, -0.25) is 15.0 Å². The summed E-state index contributed by atoms with van der Waals surface area (Å²) in [5.74, 6) is -0.482. The molecule has 0 saturated heterocycles. The Bertz CT molecular complexity index is 761. The molecule has 0 aliphatic heterocycles. The molecule has 6 nitrogen and oxygen atoms in total. The van der Waals surface area contributed by atoms with E-state index in [0.717, 1.165) is 0 Å². The van der Waals surface area contributed by atoms with E-state index in [2.05, 4.69) is 19.9 Å². The molecule has 0 N–H and O–H groups in total. The molecule has 7 heteroatoms. The second kappa shape index (κ2) is 6.40. The van der Waals surface area contributed by atoms with Crippen LogP contribution in [0.1, 0.15) is 29.2 Å². The summed E-state index contributed by atoms with van der Waals surface area (Å²) < 4.78 is 5.38. The average Bonchev–Trinajstić information content (AvgIpc) is 3.06. The summed E-state index contributed by atoms with van der Waals surface area (Å²) >= 11 is 1.32. The van der Waals surface area contributed by atoms with E-state index in [1.807, 2.05) is 18.2 Å². The quantitative estimate of drug-likeness (QED) is 0.689. The topological polar surface area (TPSA) is 77.9 Å². The molecule has 0 saturated carbocycles. The molecule has 0 radical (unpaired) electrons. The minimum Gasteiger partial charge on any atom is -0.451 e. The van der Waals surface area contributed by atoms with Crippen LogP contribution in [0.15, 0.2) is 48.4 Å². The molecule has 3 rings (SSSR count). The molecular weight excluding hydrogens is 300 g/mol. The largest absolute Gasteiger partial charge is 0.451 e. The van der Waals surface area contributed by atoms with E-state index in [0.29, 0.717) is 16.4 Å². The second-order valence-electron chi connectivity index (χ2n) is 4.43. The molecule has 0 fully saturated rings. The lowest BCUT2D eigenvalue weighted by molar-refractivity contribution is 0.0323. The molecule has 0 aliphatic carbocycles. The number of hydrogen-bond donors (Lipinski definition) is 0. The first-order valence-electron chi connectivity index (χ1n) is 6.58. The number of thiazole rings is 1. The zero-order chi connectivity index (χ0) is 15.4. The van der Waals surface area contributed by atoms with Crippen LogP contribution in [0.5, 0.6) is 0 Å². The fraction of sp³-hybridized carbons (Fsp3) is 0.133. The predicted octanol–water partition coefficient (Wildman–Crippen LogP) is 2.91. The SMILES string of the molecule is C[C@H](OC(=O)c1csc(-c2cnccn2)n1)c1ccccn1. The molecule has 0 aliphatic rings. The average molecular weight is 312 g/mol. The van der Waals surface area contributed by atoms with Gasteiger partial charge in [0.05, 0.1) is 11.9 Å².